The van der Waals surface area contributed by atoms with E-state index in [-0.39, 0.29) is 30.0 Å². The van der Waals surface area contributed by atoms with Crippen molar-refractivity contribution >= 4 is 91.4 Å². The van der Waals surface area contributed by atoms with Crippen molar-refractivity contribution in [3.63, 3.8) is 0 Å². The first-order valence-electron chi connectivity index (χ1n) is 22.6. The van der Waals surface area contributed by atoms with Crippen LogP contribution in [-0.2, 0) is 26.0 Å². The van der Waals surface area contributed by atoms with Gasteiger partial charge in [-0.2, -0.15) is 10.1 Å². The van der Waals surface area contributed by atoms with Gasteiger partial charge in [-0.15, -0.1) is 0 Å². The number of hydrogen-bond acceptors (Lipinski definition) is 12. The molecule has 348 valence electrons. The minimum absolute atomic E-state index is 0.0317. The van der Waals surface area contributed by atoms with Crippen LogP contribution in [0.4, 0.5) is 38.9 Å². The first-order chi connectivity index (χ1) is 32.2. The predicted octanol–water partition coefficient (Wildman–Crippen LogP) is 7.72. The summed E-state index contributed by atoms with van der Waals surface area (Å²) in [6.45, 7) is 9.79. The van der Waals surface area contributed by atoms with Gasteiger partial charge in [-0.25, -0.2) is 9.37 Å². The van der Waals surface area contributed by atoms with Crippen molar-refractivity contribution in [3.8, 4) is 11.1 Å². The Bertz CT molecular complexity index is 2930. The molecular formula is C49H54BrFN11O4P. The summed E-state index contributed by atoms with van der Waals surface area (Å²) in [5, 5.41) is 19.5. The van der Waals surface area contributed by atoms with Gasteiger partial charge in [-0.05, 0) is 127 Å². The molecule has 3 saturated heterocycles. The van der Waals surface area contributed by atoms with E-state index in [1.54, 1.807) is 36.3 Å². The number of halogens is 2. The first kappa shape index (κ1) is 46.0. The summed E-state index contributed by atoms with van der Waals surface area (Å²) in [5.74, 6) is 0.0285. The number of carbonyl (C=O) groups excluding carboxylic acids is 3. The molecule has 1 atom stereocenters. The second-order valence-corrected chi connectivity index (χ2v) is 22.1. The number of aromatic nitrogens is 4. The zero-order valence-corrected chi connectivity index (χ0v) is 40.5. The van der Waals surface area contributed by atoms with E-state index in [1.807, 2.05) is 67.7 Å². The molecule has 2 aromatic heterocycles. The number of imide groups is 1. The van der Waals surface area contributed by atoms with Crippen molar-refractivity contribution in [1.82, 2.24) is 34.9 Å². The maximum absolute atomic E-state index is 15.4. The summed E-state index contributed by atoms with van der Waals surface area (Å²) in [6.07, 6.45) is 7.62. The second-order valence-electron chi connectivity index (χ2n) is 18.1. The highest BCUT2D eigenvalue weighted by molar-refractivity contribution is 9.10. The highest BCUT2D eigenvalue weighted by Crippen LogP contribution is 2.43. The molecule has 6 aromatic rings. The quantitative estimate of drug-likeness (QED) is 0.0697. The number of benzene rings is 4. The van der Waals surface area contributed by atoms with E-state index in [1.165, 1.54) is 6.07 Å². The van der Waals surface area contributed by atoms with Crippen molar-refractivity contribution in [2.75, 3.05) is 80.0 Å². The summed E-state index contributed by atoms with van der Waals surface area (Å²) < 4.78 is 31.5. The van der Waals surface area contributed by atoms with Gasteiger partial charge >= 0.3 is 0 Å². The van der Waals surface area contributed by atoms with Crippen LogP contribution in [-0.4, -0.2) is 112 Å². The van der Waals surface area contributed by atoms with Crippen LogP contribution in [0.25, 0.3) is 21.9 Å². The molecule has 67 heavy (non-hydrogen) atoms. The number of nitrogens with zero attached hydrogens (tertiary/aromatic N) is 7. The summed E-state index contributed by atoms with van der Waals surface area (Å²) in [4.78, 5) is 53.3. The SMILES string of the molecule is Cc1cc(N2CCN(C(=O)CN3CCC(c4ccc(NC5CCC(=O)NC5=O)cc4F)CC3)CC2)c(-c2cnn(C)c2)cc1Nc1ncc(Br)c(Nc2ccc3ccccc3c2P(C)(C)=O)n1. The third-order valence-electron chi connectivity index (χ3n) is 13.0. The zero-order chi connectivity index (χ0) is 47.0. The standard InChI is InChI=1S/C49H54BrFN11O4P/c1-30-23-43(61-19-21-62(22-20-61)45(64)29-60-17-15-32(16-18-60)35-11-10-34(24-39(35)51)54-41-13-14-44(63)57-48(41)65)37(33-26-53-59(2)28-33)25-42(30)56-49-52-27-38(50)47(58-49)55-40-12-9-31-7-5-6-8-36(31)46(40)67(3,4)66/h5-12,23-28,32,41,54H,13-22,29H2,1-4H3,(H,57,63,65)(H2,52,55,56,58). The highest BCUT2D eigenvalue weighted by Gasteiger charge is 2.30. The monoisotopic (exact) mass is 989 g/mol. The van der Waals surface area contributed by atoms with Gasteiger partial charge in [0.15, 0.2) is 0 Å². The Kier molecular flexibility index (Phi) is 13.2. The number of amides is 3. The Morgan fingerprint density at radius 3 is 2.42 bits per heavy atom. The van der Waals surface area contributed by atoms with Gasteiger partial charge in [-0.3, -0.25) is 29.3 Å². The molecule has 5 heterocycles. The number of carbonyl (C=O) groups is 3. The molecule has 0 radical (unpaired) electrons. The molecule has 1 unspecified atom stereocenters. The largest absolute Gasteiger partial charge is 0.374 e. The molecule has 9 rings (SSSR count). The van der Waals surface area contributed by atoms with Crippen LogP contribution in [0.15, 0.2) is 89.8 Å². The smallest absolute Gasteiger partial charge is 0.249 e. The Morgan fingerprint density at radius 1 is 0.925 bits per heavy atom. The molecule has 3 aliphatic heterocycles. The number of nitrogens with one attached hydrogen (secondary N) is 4. The molecule has 0 saturated carbocycles. The minimum atomic E-state index is -2.70. The lowest BCUT2D eigenvalue weighted by atomic mass is 9.89. The van der Waals surface area contributed by atoms with Gasteiger partial charge in [0.1, 0.15) is 24.8 Å². The van der Waals surface area contributed by atoms with Crippen molar-refractivity contribution in [2.45, 2.75) is 44.6 Å². The maximum Gasteiger partial charge on any atom is 0.249 e. The highest BCUT2D eigenvalue weighted by atomic mass is 79.9. The summed E-state index contributed by atoms with van der Waals surface area (Å²) >= 11 is 3.62. The number of aryl methyl sites for hydroxylation is 2. The molecule has 3 aliphatic rings. The molecule has 4 N–H and O–H groups in total. The van der Waals surface area contributed by atoms with Crippen LogP contribution in [0.2, 0.25) is 0 Å². The molecule has 3 fully saturated rings. The Hall–Kier alpha value is -6.16. The second kappa shape index (κ2) is 19.2. The van der Waals surface area contributed by atoms with Crippen LogP contribution >= 0.6 is 23.1 Å². The van der Waals surface area contributed by atoms with Crippen LogP contribution in [0.3, 0.4) is 0 Å². The Morgan fingerprint density at radius 2 is 1.70 bits per heavy atom. The zero-order valence-electron chi connectivity index (χ0n) is 38.0. The topological polar surface area (TPSA) is 170 Å². The van der Waals surface area contributed by atoms with Gasteiger partial charge in [0.25, 0.3) is 0 Å². The van der Waals surface area contributed by atoms with Crippen LogP contribution in [0.1, 0.15) is 42.7 Å². The number of fused-ring (bicyclic) bond motifs is 1. The van der Waals surface area contributed by atoms with Crippen molar-refractivity contribution in [3.05, 3.63) is 107 Å². The lowest BCUT2D eigenvalue weighted by Gasteiger charge is -2.39. The third-order valence-corrected chi connectivity index (χ3v) is 15.1. The number of hydrogen-bond donors (Lipinski definition) is 4. The average Bonchev–Trinajstić information content (AvgIpc) is 3.74. The van der Waals surface area contributed by atoms with Crippen LogP contribution in [0, 0.1) is 12.7 Å². The first-order valence-corrected chi connectivity index (χ1v) is 26.0. The van der Waals surface area contributed by atoms with E-state index in [4.69, 9.17) is 4.98 Å². The number of anilines is 6. The Labute approximate surface area is 397 Å². The van der Waals surface area contributed by atoms with Gasteiger partial charge in [0, 0.05) is 85.5 Å². The van der Waals surface area contributed by atoms with Gasteiger partial charge in [0.05, 0.1) is 22.9 Å². The molecule has 15 nitrogen and oxygen atoms in total. The maximum atomic E-state index is 15.4. The van der Waals surface area contributed by atoms with Crippen LogP contribution < -0.4 is 31.5 Å². The van der Waals surface area contributed by atoms with Crippen molar-refractivity contribution in [2.24, 2.45) is 7.05 Å². The van der Waals surface area contributed by atoms with E-state index in [9.17, 15) is 18.9 Å². The van der Waals surface area contributed by atoms with E-state index < -0.39 is 19.1 Å². The summed E-state index contributed by atoms with van der Waals surface area (Å²) in [7, 11) is -0.810. The summed E-state index contributed by atoms with van der Waals surface area (Å²) in [5.41, 5.74) is 6.67. The molecule has 0 spiro atoms. The van der Waals surface area contributed by atoms with Gasteiger partial charge < -0.3 is 30.3 Å². The van der Waals surface area contributed by atoms with E-state index in [0.29, 0.717) is 79.7 Å². The molecule has 4 aromatic carbocycles. The molecule has 0 aliphatic carbocycles. The third kappa shape index (κ3) is 10.2. The number of piperazine rings is 1. The molecule has 3 amide bonds. The number of rotatable bonds is 12. The normalized spacial score (nSPS) is 17.4. The number of piperidine rings is 2. The fraction of sp³-hybridized carbons (Fsp3) is 0.347. The fourth-order valence-corrected chi connectivity index (χ4v) is 11.2. The predicted molar refractivity (Wildman–Crippen MR) is 266 cm³/mol. The minimum Gasteiger partial charge on any atom is -0.374 e. The molecular weight excluding hydrogens is 936 g/mol. The van der Waals surface area contributed by atoms with Gasteiger partial charge in [0.2, 0.25) is 23.7 Å². The lowest BCUT2D eigenvalue weighted by molar-refractivity contribution is -0.134. The Balaban J connectivity index is 0.835. The fourth-order valence-electron chi connectivity index (χ4n) is 9.45. The summed E-state index contributed by atoms with van der Waals surface area (Å²) in [6, 6.07) is 20.6. The van der Waals surface area contributed by atoms with Gasteiger partial charge in [-0.1, -0.05) is 36.4 Å². The van der Waals surface area contributed by atoms with E-state index in [2.05, 4.69) is 69.2 Å². The number of likely N-dealkylation sites (tertiary alicyclic amines) is 1. The van der Waals surface area contributed by atoms with Crippen LogP contribution in [0.5, 0.6) is 0 Å². The van der Waals surface area contributed by atoms with Crippen molar-refractivity contribution in [1.29, 1.82) is 0 Å². The van der Waals surface area contributed by atoms with E-state index in [0.717, 1.165) is 62.7 Å². The molecule has 0 bridgehead atoms. The lowest BCUT2D eigenvalue weighted by Crippen LogP contribution is -2.52. The van der Waals surface area contributed by atoms with E-state index >= 15 is 4.39 Å². The molecule has 18 heteroatoms. The average molecular weight is 991 g/mol. The van der Waals surface area contributed by atoms with Crippen molar-refractivity contribution < 1.29 is 23.3 Å².